The molecule has 3 nitrogen and oxygen atoms in total. The molecule has 0 aliphatic carbocycles. The molecule has 112 valence electrons. The molecule has 1 aliphatic heterocycles. The van der Waals surface area contributed by atoms with Gasteiger partial charge in [0.05, 0.1) is 0 Å². The zero-order chi connectivity index (χ0) is 15.5. The van der Waals surface area contributed by atoms with Crippen molar-refractivity contribution in [2.45, 2.75) is 18.2 Å². The van der Waals surface area contributed by atoms with E-state index in [2.05, 4.69) is 12.6 Å². The molecule has 22 heavy (non-hydrogen) atoms. The molecule has 0 aromatic heterocycles. The van der Waals surface area contributed by atoms with Gasteiger partial charge in [-0.1, -0.05) is 54.6 Å². The Bertz CT molecular complexity index is 682. The van der Waals surface area contributed by atoms with Crippen LogP contribution in [0.15, 0.2) is 54.6 Å². The van der Waals surface area contributed by atoms with Crippen molar-refractivity contribution in [2.75, 3.05) is 6.54 Å². The SMILES string of the molecule is O=C(c1ccccc1)c1ccc(CN2CC(S)CC2=O)cc1. The Hall–Kier alpha value is -2.07. The van der Waals surface area contributed by atoms with Gasteiger partial charge in [-0.3, -0.25) is 9.59 Å². The second-order valence-corrected chi connectivity index (χ2v) is 6.25. The Morgan fingerprint density at radius 3 is 2.27 bits per heavy atom. The minimum absolute atomic E-state index is 0.0137. The lowest BCUT2D eigenvalue weighted by molar-refractivity contribution is -0.128. The Morgan fingerprint density at radius 2 is 1.68 bits per heavy atom. The lowest BCUT2D eigenvalue weighted by atomic mass is 10.0. The molecular weight excluding hydrogens is 294 g/mol. The molecule has 1 heterocycles. The van der Waals surface area contributed by atoms with Crippen molar-refractivity contribution in [3.05, 3.63) is 71.3 Å². The van der Waals surface area contributed by atoms with E-state index in [-0.39, 0.29) is 16.9 Å². The van der Waals surface area contributed by atoms with Crippen LogP contribution in [0.2, 0.25) is 0 Å². The molecule has 1 atom stereocenters. The van der Waals surface area contributed by atoms with Gasteiger partial charge in [-0.2, -0.15) is 12.6 Å². The van der Waals surface area contributed by atoms with Crippen LogP contribution >= 0.6 is 12.6 Å². The van der Waals surface area contributed by atoms with Gasteiger partial charge in [-0.25, -0.2) is 0 Å². The lowest BCUT2D eigenvalue weighted by Gasteiger charge is -2.16. The molecule has 0 saturated carbocycles. The summed E-state index contributed by atoms with van der Waals surface area (Å²) < 4.78 is 0. The summed E-state index contributed by atoms with van der Waals surface area (Å²) in [4.78, 5) is 25.9. The van der Waals surface area contributed by atoms with Crippen LogP contribution in [0.25, 0.3) is 0 Å². The molecule has 2 aromatic rings. The molecule has 2 aromatic carbocycles. The van der Waals surface area contributed by atoms with Gasteiger partial charge in [0.2, 0.25) is 5.91 Å². The third-order valence-corrected chi connectivity index (χ3v) is 4.17. The summed E-state index contributed by atoms with van der Waals surface area (Å²) in [6.45, 7) is 1.27. The molecule has 0 bridgehead atoms. The first-order valence-corrected chi connectivity index (χ1v) is 7.79. The maximum Gasteiger partial charge on any atom is 0.224 e. The quantitative estimate of drug-likeness (QED) is 0.696. The Labute approximate surface area is 135 Å². The zero-order valence-corrected chi connectivity index (χ0v) is 13.0. The summed E-state index contributed by atoms with van der Waals surface area (Å²) in [7, 11) is 0. The van der Waals surface area contributed by atoms with Crippen LogP contribution in [0.3, 0.4) is 0 Å². The maximum atomic E-state index is 12.3. The number of carbonyl (C=O) groups excluding carboxylic acids is 2. The fraction of sp³-hybridized carbons (Fsp3) is 0.222. The van der Waals surface area contributed by atoms with Crippen molar-refractivity contribution in [1.29, 1.82) is 0 Å². The number of ketones is 1. The van der Waals surface area contributed by atoms with Gasteiger partial charge in [0.15, 0.2) is 5.78 Å². The first-order valence-electron chi connectivity index (χ1n) is 7.28. The highest BCUT2D eigenvalue weighted by atomic mass is 32.1. The number of hydrogen-bond acceptors (Lipinski definition) is 3. The summed E-state index contributed by atoms with van der Waals surface area (Å²) in [5, 5.41) is 0.131. The van der Waals surface area contributed by atoms with E-state index in [0.717, 1.165) is 5.56 Å². The molecule has 1 amide bonds. The molecule has 3 rings (SSSR count). The molecule has 1 fully saturated rings. The van der Waals surface area contributed by atoms with E-state index >= 15 is 0 Å². The highest BCUT2D eigenvalue weighted by Crippen LogP contribution is 2.19. The van der Waals surface area contributed by atoms with Gasteiger partial charge < -0.3 is 4.90 Å². The third-order valence-electron chi connectivity index (χ3n) is 3.82. The standard InChI is InChI=1S/C18H17NO2S/c20-17-10-16(22)12-19(17)11-13-6-8-15(9-7-13)18(21)14-4-2-1-3-5-14/h1-9,16,22H,10-12H2. The van der Waals surface area contributed by atoms with Gasteiger partial charge in [0, 0.05) is 35.9 Å². The first-order chi connectivity index (χ1) is 10.6. The van der Waals surface area contributed by atoms with Crippen LogP contribution in [0.5, 0.6) is 0 Å². The predicted octanol–water partition coefficient (Wildman–Crippen LogP) is 2.95. The summed E-state index contributed by atoms with van der Waals surface area (Å²) in [5.74, 6) is 0.157. The largest absolute Gasteiger partial charge is 0.337 e. The van der Waals surface area contributed by atoms with Gasteiger partial charge in [0.25, 0.3) is 0 Å². The normalized spacial score (nSPS) is 17.8. The number of carbonyl (C=O) groups is 2. The van der Waals surface area contributed by atoms with E-state index in [9.17, 15) is 9.59 Å². The number of rotatable bonds is 4. The number of amides is 1. The lowest BCUT2D eigenvalue weighted by Crippen LogP contribution is -2.24. The maximum absolute atomic E-state index is 12.3. The second-order valence-electron chi connectivity index (χ2n) is 5.52. The summed E-state index contributed by atoms with van der Waals surface area (Å²) in [5.41, 5.74) is 2.37. The van der Waals surface area contributed by atoms with Gasteiger partial charge in [-0.05, 0) is 5.56 Å². The minimum Gasteiger partial charge on any atom is -0.337 e. The molecule has 0 spiro atoms. The molecule has 1 saturated heterocycles. The van der Waals surface area contributed by atoms with Crippen molar-refractivity contribution in [3.8, 4) is 0 Å². The third kappa shape index (κ3) is 3.22. The smallest absolute Gasteiger partial charge is 0.224 e. The monoisotopic (exact) mass is 311 g/mol. The van der Waals surface area contributed by atoms with E-state index in [4.69, 9.17) is 0 Å². The molecule has 1 unspecified atom stereocenters. The van der Waals surface area contributed by atoms with Crippen molar-refractivity contribution >= 4 is 24.3 Å². The number of nitrogens with zero attached hydrogens (tertiary/aromatic N) is 1. The van der Waals surface area contributed by atoms with E-state index in [0.29, 0.717) is 30.6 Å². The highest BCUT2D eigenvalue weighted by Gasteiger charge is 2.26. The topological polar surface area (TPSA) is 37.4 Å². The number of thiol groups is 1. The van der Waals surface area contributed by atoms with E-state index in [1.54, 1.807) is 0 Å². The Balaban J connectivity index is 1.71. The summed E-state index contributed by atoms with van der Waals surface area (Å²) >= 11 is 4.35. The van der Waals surface area contributed by atoms with Crippen molar-refractivity contribution in [2.24, 2.45) is 0 Å². The zero-order valence-electron chi connectivity index (χ0n) is 12.1. The van der Waals surface area contributed by atoms with Crippen LogP contribution in [-0.4, -0.2) is 28.4 Å². The fourth-order valence-corrected chi connectivity index (χ4v) is 3.00. The van der Waals surface area contributed by atoms with Crippen LogP contribution in [0.4, 0.5) is 0 Å². The van der Waals surface area contributed by atoms with Crippen LogP contribution in [-0.2, 0) is 11.3 Å². The Morgan fingerprint density at radius 1 is 1.05 bits per heavy atom. The second kappa shape index (κ2) is 6.36. The van der Waals surface area contributed by atoms with Gasteiger partial charge in [0.1, 0.15) is 0 Å². The Kier molecular flexibility index (Phi) is 4.29. The van der Waals surface area contributed by atoms with Crippen molar-refractivity contribution in [1.82, 2.24) is 4.90 Å². The van der Waals surface area contributed by atoms with Crippen LogP contribution < -0.4 is 0 Å². The van der Waals surface area contributed by atoms with E-state index < -0.39 is 0 Å². The van der Waals surface area contributed by atoms with E-state index in [1.165, 1.54) is 0 Å². The minimum atomic E-state index is 0.0137. The molecule has 1 aliphatic rings. The van der Waals surface area contributed by atoms with Crippen LogP contribution in [0, 0.1) is 0 Å². The fourth-order valence-electron chi connectivity index (χ4n) is 2.64. The van der Waals surface area contributed by atoms with Gasteiger partial charge >= 0.3 is 0 Å². The predicted molar refractivity (Wildman–Crippen MR) is 89.1 cm³/mol. The molecule has 4 heteroatoms. The number of benzene rings is 2. The van der Waals surface area contributed by atoms with Gasteiger partial charge in [-0.15, -0.1) is 0 Å². The summed E-state index contributed by atoms with van der Waals surface area (Å²) in [6, 6.07) is 16.7. The number of likely N-dealkylation sites (tertiary alicyclic amines) is 1. The van der Waals surface area contributed by atoms with Crippen LogP contribution in [0.1, 0.15) is 27.9 Å². The first kappa shape index (κ1) is 14.9. The average molecular weight is 311 g/mol. The van der Waals surface area contributed by atoms with E-state index in [1.807, 2.05) is 59.5 Å². The highest BCUT2D eigenvalue weighted by molar-refractivity contribution is 7.81. The number of hydrogen-bond donors (Lipinski definition) is 1. The molecule has 0 N–H and O–H groups in total. The van der Waals surface area contributed by atoms with Crippen molar-refractivity contribution < 1.29 is 9.59 Å². The van der Waals surface area contributed by atoms with Crippen molar-refractivity contribution in [3.63, 3.8) is 0 Å². The summed E-state index contributed by atoms with van der Waals surface area (Å²) in [6.07, 6.45) is 0.508. The molecule has 0 radical (unpaired) electrons. The average Bonchev–Trinajstić information content (AvgIpc) is 2.86. The molecular formula is C18H17NO2S.